The summed E-state index contributed by atoms with van der Waals surface area (Å²) in [5.74, 6) is -0.334. The van der Waals surface area contributed by atoms with E-state index in [1.165, 1.54) is 19.1 Å². The molecule has 0 aliphatic heterocycles. The van der Waals surface area contributed by atoms with E-state index in [9.17, 15) is 23.5 Å². The van der Waals surface area contributed by atoms with Crippen LogP contribution in [0.3, 0.4) is 0 Å². The number of aromatic amines is 1. The van der Waals surface area contributed by atoms with E-state index in [2.05, 4.69) is 15.3 Å². The Labute approximate surface area is 142 Å². The minimum Gasteiger partial charge on any atom is -0.389 e. The molecule has 3 N–H and O–H groups in total. The Morgan fingerprint density at radius 2 is 1.84 bits per heavy atom. The Morgan fingerprint density at radius 3 is 2.36 bits per heavy atom. The van der Waals surface area contributed by atoms with Crippen LogP contribution in [0, 0.1) is 0 Å². The molecule has 1 aromatic carbocycles. The van der Waals surface area contributed by atoms with Gasteiger partial charge in [0.25, 0.3) is 6.43 Å². The van der Waals surface area contributed by atoms with Crippen molar-refractivity contribution in [3.63, 3.8) is 0 Å². The quantitative estimate of drug-likeness (QED) is 0.737. The summed E-state index contributed by atoms with van der Waals surface area (Å²) in [7, 11) is 0. The Morgan fingerprint density at radius 1 is 1.20 bits per heavy atom. The zero-order valence-corrected chi connectivity index (χ0v) is 14.0. The summed E-state index contributed by atoms with van der Waals surface area (Å²) in [4.78, 5) is 29.8. The van der Waals surface area contributed by atoms with Crippen LogP contribution in [0.4, 0.5) is 14.7 Å². The van der Waals surface area contributed by atoms with Gasteiger partial charge in [-0.2, -0.15) is 4.98 Å². The minimum atomic E-state index is -2.83. The zero-order chi connectivity index (χ0) is 18.7. The number of anilines is 1. The molecule has 2 aromatic rings. The van der Waals surface area contributed by atoms with Crippen LogP contribution < -0.4 is 16.7 Å². The first kappa shape index (κ1) is 18.8. The van der Waals surface area contributed by atoms with E-state index in [1.54, 1.807) is 26.0 Å². The summed E-state index contributed by atoms with van der Waals surface area (Å²) in [6, 6.07) is 4.13. The van der Waals surface area contributed by atoms with E-state index < -0.39 is 36.0 Å². The third kappa shape index (κ3) is 4.30. The largest absolute Gasteiger partial charge is 0.389 e. The maximum atomic E-state index is 13.5. The van der Waals surface area contributed by atoms with Crippen LogP contribution >= 0.6 is 0 Å². The number of benzene rings is 1. The first-order valence-electron chi connectivity index (χ1n) is 7.76. The average molecular weight is 354 g/mol. The molecular formula is C16H20F2N4O3. The monoisotopic (exact) mass is 354 g/mol. The van der Waals surface area contributed by atoms with Gasteiger partial charge in [-0.05, 0) is 31.9 Å². The highest BCUT2D eigenvalue weighted by atomic mass is 19.3. The maximum Gasteiger partial charge on any atom is 0.355 e. The summed E-state index contributed by atoms with van der Waals surface area (Å²) in [5.41, 5.74) is -0.888. The second-order valence-corrected chi connectivity index (χ2v) is 5.94. The first-order chi connectivity index (χ1) is 11.7. The van der Waals surface area contributed by atoms with Gasteiger partial charge in [-0.3, -0.25) is 4.98 Å². The Hall–Kier alpha value is -2.55. The highest BCUT2D eigenvalue weighted by Crippen LogP contribution is 2.26. The second kappa shape index (κ2) is 7.56. The van der Waals surface area contributed by atoms with Crippen molar-refractivity contribution in [3.05, 3.63) is 56.4 Å². The molecule has 0 saturated carbocycles. The predicted molar refractivity (Wildman–Crippen MR) is 88.9 cm³/mol. The molecule has 2 atom stereocenters. The SMILES string of the molecule is CC(C)n1c(=O)nc(N[C@H](c2cccc([C@@H](C)O)c2)C(F)F)[nH]c1=O. The lowest BCUT2D eigenvalue weighted by Gasteiger charge is -2.20. The number of H-pyrrole nitrogens is 1. The van der Waals surface area contributed by atoms with Gasteiger partial charge in [-0.15, -0.1) is 0 Å². The number of nitrogens with zero attached hydrogens (tertiary/aromatic N) is 2. The molecule has 0 bridgehead atoms. The summed E-state index contributed by atoms with van der Waals surface area (Å²) in [5, 5.41) is 12.0. The van der Waals surface area contributed by atoms with Crippen LogP contribution in [-0.2, 0) is 0 Å². The molecular weight excluding hydrogens is 334 g/mol. The fraction of sp³-hybridized carbons (Fsp3) is 0.438. The normalized spacial score (nSPS) is 13.9. The fourth-order valence-corrected chi connectivity index (χ4v) is 2.40. The minimum absolute atomic E-state index is 0.198. The van der Waals surface area contributed by atoms with Crippen LogP contribution in [0.1, 0.15) is 50.1 Å². The summed E-state index contributed by atoms with van der Waals surface area (Å²) < 4.78 is 27.9. The number of alkyl halides is 2. The Bertz CT molecular complexity index is 815. The van der Waals surface area contributed by atoms with Crippen LogP contribution in [0.15, 0.2) is 33.9 Å². The van der Waals surface area contributed by atoms with Gasteiger partial charge in [0, 0.05) is 6.04 Å². The molecule has 0 fully saturated rings. The summed E-state index contributed by atoms with van der Waals surface area (Å²) in [6.07, 6.45) is -3.65. The van der Waals surface area contributed by atoms with Crippen molar-refractivity contribution in [2.45, 2.75) is 45.4 Å². The smallest absolute Gasteiger partial charge is 0.355 e. The number of aliphatic hydroxyl groups excluding tert-OH is 1. The molecule has 0 aliphatic carbocycles. The number of hydrogen-bond donors (Lipinski definition) is 3. The number of aromatic nitrogens is 3. The van der Waals surface area contributed by atoms with Gasteiger partial charge in [-0.25, -0.2) is 22.9 Å². The van der Waals surface area contributed by atoms with E-state index >= 15 is 0 Å². The molecule has 0 saturated heterocycles. The molecule has 0 unspecified atom stereocenters. The number of hydrogen-bond acceptors (Lipinski definition) is 5. The summed E-state index contributed by atoms with van der Waals surface area (Å²) in [6.45, 7) is 4.79. The van der Waals surface area contributed by atoms with Gasteiger partial charge in [0.1, 0.15) is 6.04 Å². The molecule has 25 heavy (non-hydrogen) atoms. The molecule has 1 aromatic heterocycles. The van der Waals surface area contributed by atoms with Gasteiger partial charge in [0.05, 0.1) is 6.10 Å². The molecule has 7 nitrogen and oxygen atoms in total. The molecule has 136 valence electrons. The number of nitrogens with one attached hydrogen (secondary N) is 2. The van der Waals surface area contributed by atoms with Crippen molar-refractivity contribution in [3.8, 4) is 0 Å². The van der Waals surface area contributed by atoms with E-state index in [0.717, 1.165) is 4.57 Å². The Kier molecular flexibility index (Phi) is 5.68. The van der Waals surface area contributed by atoms with Gasteiger partial charge >= 0.3 is 11.4 Å². The number of halogens is 2. The van der Waals surface area contributed by atoms with Gasteiger partial charge in [-0.1, -0.05) is 24.3 Å². The zero-order valence-electron chi connectivity index (χ0n) is 14.0. The summed E-state index contributed by atoms with van der Waals surface area (Å²) >= 11 is 0. The lowest BCUT2D eigenvalue weighted by Crippen LogP contribution is -2.39. The van der Waals surface area contributed by atoms with Crippen molar-refractivity contribution in [2.75, 3.05) is 5.32 Å². The lowest BCUT2D eigenvalue weighted by molar-refractivity contribution is 0.124. The molecule has 0 radical (unpaired) electrons. The van der Waals surface area contributed by atoms with Gasteiger partial charge in [0.15, 0.2) is 0 Å². The van der Waals surface area contributed by atoms with Crippen LogP contribution in [0.25, 0.3) is 0 Å². The van der Waals surface area contributed by atoms with Crippen molar-refractivity contribution >= 4 is 5.95 Å². The molecule has 2 rings (SSSR count). The van der Waals surface area contributed by atoms with E-state index in [4.69, 9.17) is 0 Å². The topological polar surface area (TPSA) is 100 Å². The average Bonchev–Trinajstić information content (AvgIpc) is 2.51. The molecule has 1 heterocycles. The predicted octanol–water partition coefficient (Wildman–Crippen LogP) is 1.98. The van der Waals surface area contributed by atoms with Crippen LogP contribution in [0.2, 0.25) is 0 Å². The highest BCUT2D eigenvalue weighted by Gasteiger charge is 2.24. The molecule has 0 spiro atoms. The van der Waals surface area contributed by atoms with Crippen molar-refractivity contribution in [1.29, 1.82) is 0 Å². The van der Waals surface area contributed by atoms with E-state index in [-0.39, 0.29) is 11.5 Å². The third-order valence-corrected chi connectivity index (χ3v) is 3.67. The van der Waals surface area contributed by atoms with Gasteiger partial charge < -0.3 is 10.4 Å². The van der Waals surface area contributed by atoms with Crippen LogP contribution in [0.5, 0.6) is 0 Å². The molecule has 0 aliphatic rings. The third-order valence-electron chi connectivity index (χ3n) is 3.67. The number of aliphatic hydroxyl groups is 1. The number of rotatable bonds is 6. The molecule has 9 heteroatoms. The maximum absolute atomic E-state index is 13.5. The lowest BCUT2D eigenvalue weighted by atomic mass is 10.0. The fourth-order valence-electron chi connectivity index (χ4n) is 2.40. The van der Waals surface area contributed by atoms with Crippen molar-refractivity contribution in [1.82, 2.24) is 14.5 Å². The van der Waals surface area contributed by atoms with E-state index in [0.29, 0.717) is 5.56 Å². The standard InChI is InChI=1S/C16H20F2N4O3/c1-8(2)22-15(24)20-14(21-16(22)25)19-12(13(17)18)11-6-4-5-10(7-11)9(3)23/h4-9,12-13,23H,1-3H3,(H2,19,20,21,24,25)/t9-,12-/m1/s1. The van der Waals surface area contributed by atoms with Crippen molar-refractivity contribution in [2.24, 2.45) is 0 Å². The molecule has 0 amide bonds. The highest BCUT2D eigenvalue weighted by molar-refractivity contribution is 5.34. The first-order valence-corrected chi connectivity index (χ1v) is 7.76. The van der Waals surface area contributed by atoms with Crippen LogP contribution in [-0.4, -0.2) is 26.1 Å². The van der Waals surface area contributed by atoms with Crippen molar-refractivity contribution < 1.29 is 13.9 Å². The second-order valence-electron chi connectivity index (χ2n) is 5.94. The van der Waals surface area contributed by atoms with E-state index in [1.807, 2.05) is 0 Å². The van der Waals surface area contributed by atoms with Gasteiger partial charge in [0.2, 0.25) is 5.95 Å². The Balaban J connectivity index is 2.39.